The zero-order valence-electron chi connectivity index (χ0n) is 8.96. The Kier molecular flexibility index (Phi) is 2.23. The first-order chi connectivity index (χ1) is 7.13. The normalized spacial score (nSPS) is 10.6. The maximum Gasteiger partial charge on any atom is 0.342 e. The Balaban J connectivity index is 2.95. The number of ether oxygens (including phenoxy) is 1. The minimum absolute atomic E-state index is 0.344. The van der Waals surface area contributed by atoms with Gasteiger partial charge in [-0.15, -0.1) is 0 Å². The van der Waals surface area contributed by atoms with Crippen molar-refractivity contribution in [2.75, 3.05) is 7.11 Å². The zero-order chi connectivity index (χ0) is 11.0. The number of hydrogen-bond donors (Lipinski definition) is 0. The molecule has 1 aromatic heterocycles. The molecule has 0 N–H and O–H groups in total. The molecule has 0 saturated heterocycles. The summed E-state index contributed by atoms with van der Waals surface area (Å²) in [5, 5.41) is 0.842. The number of rotatable bonds is 1. The van der Waals surface area contributed by atoms with Crippen molar-refractivity contribution in [3.05, 3.63) is 39.7 Å². The molecule has 15 heavy (non-hydrogen) atoms. The fourth-order valence-corrected chi connectivity index (χ4v) is 1.64. The molecule has 0 fully saturated rings. The highest BCUT2D eigenvalue weighted by Crippen LogP contribution is 2.27. The molecule has 0 aliphatic carbocycles. The first-order valence-electron chi connectivity index (χ1n) is 4.71. The smallest absolute Gasteiger partial charge is 0.342 e. The summed E-state index contributed by atoms with van der Waals surface area (Å²) in [5.74, 6) is 0.602. The largest absolute Gasteiger partial charge is 0.495 e. The van der Waals surface area contributed by atoms with Gasteiger partial charge in [-0.2, -0.15) is 0 Å². The number of fused-ring (bicyclic) bond motifs is 1. The lowest BCUT2D eigenvalue weighted by molar-refractivity contribution is 0.409. The van der Waals surface area contributed by atoms with Gasteiger partial charge in [0, 0.05) is 0 Å². The van der Waals surface area contributed by atoms with E-state index < -0.39 is 0 Å². The Hall–Kier alpha value is -1.77. The van der Waals surface area contributed by atoms with Crippen LogP contribution < -0.4 is 10.4 Å². The molecule has 2 rings (SSSR count). The Labute approximate surface area is 87.3 Å². The van der Waals surface area contributed by atoms with E-state index >= 15 is 0 Å². The second kappa shape index (κ2) is 3.42. The topological polar surface area (TPSA) is 39.4 Å². The molecular weight excluding hydrogens is 192 g/mol. The standard InChI is InChI=1S/C12H12O3/c1-7-4-5-10-9(6-7)11(14-3)8(2)12(13)15-10/h4-6H,1-3H3. The van der Waals surface area contributed by atoms with Crippen LogP contribution in [0, 0.1) is 13.8 Å². The summed E-state index contributed by atoms with van der Waals surface area (Å²) in [6.07, 6.45) is 0. The van der Waals surface area contributed by atoms with Crippen LogP contribution in [0.5, 0.6) is 5.75 Å². The molecule has 0 aliphatic heterocycles. The van der Waals surface area contributed by atoms with Crippen LogP contribution in [-0.2, 0) is 0 Å². The third-order valence-corrected chi connectivity index (χ3v) is 2.43. The van der Waals surface area contributed by atoms with E-state index in [1.165, 1.54) is 0 Å². The minimum atomic E-state index is -0.344. The fraction of sp³-hybridized carbons (Fsp3) is 0.250. The van der Waals surface area contributed by atoms with Crippen LogP contribution in [0.3, 0.4) is 0 Å². The van der Waals surface area contributed by atoms with Crippen LogP contribution in [-0.4, -0.2) is 7.11 Å². The van der Waals surface area contributed by atoms with Crippen LogP contribution in [0.15, 0.2) is 27.4 Å². The lowest BCUT2D eigenvalue weighted by Gasteiger charge is -2.07. The summed E-state index contributed by atoms with van der Waals surface area (Å²) in [7, 11) is 1.56. The number of methoxy groups -OCH3 is 1. The average Bonchev–Trinajstić information content (AvgIpc) is 2.21. The van der Waals surface area contributed by atoms with Crippen LogP contribution >= 0.6 is 0 Å². The molecule has 3 heteroatoms. The molecule has 1 heterocycles. The third-order valence-electron chi connectivity index (χ3n) is 2.43. The van der Waals surface area contributed by atoms with Gasteiger partial charge in [-0.25, -0.2) is 4.79 Å². The molecular formula is C12H12O3. The highest BCUT2D eigenvalue weighted by Gasteiger charge is 2.10. The molecule has 0 unspecified atom stereocenters. The van der Waals surface area contributed by atoms with Crippen molar-refractivity contribution in [3.63, 3.8) is 0 Å². The summed E-state index contributed by atoms with van der Waals surface area (Å²) in [6.45, 7) is 3.69. The maximum absolute atomic E-state index is 11.5. The lowest BCUT2D eigenvalue weighted by Crippen LogP contribution is -2.05. The second-order valence-electron chi connectivity index (χ2n) is 3.55. The van der Waals surface area contributed by atoms with Crippen LogP contribution in [0.4, 0.5) is 0 Å². The van der Waals surface area contributed by atoms with E-state index in [0.717, 1.165) is 10.9 Å². The predicted octanol–water partition coefficient (Wildman–Crippen LogP) is 2.42. The molecule has 78 valence electrons. The van der Waals surface area contributed by atoms with Gasteiger partial charge in [-0.1, -0.05) is 11.6 Å². The van der Waals surface area contributed by atoms with E-state index in [1.807, 2.05) is 19.1 Å². The van der Waals surface area contributed by atoms with Gasteiger partial charge in [-0.3, -0.25) is 0 Å². The van der Waals surface area contributed by atoms with Gasteiger partial charge in [0.2, 0.25) is 0 Å². The van der Waals surface area contributed by atoms with E-state index in [4.69, 9.17) is 9.15 Å². The highest BCUT2D eigenvalue weighted by atomic mass is 16.5. The van der Waals surface area contributed by atoms with Gasteiger partial charge in [-0.05, 0) is 26.0 Å². The maximum atomic E-state index is 11.5. The predicted molar refractivity (Wildman–Crippen MR) is 58.5 cm³/mol. The Morgan fingerprint density at radius 1 is 1.27 bits per heavy atom. The van der Waals surface area contributed by atoms with Gasteiger partial charge in [0.1, 0.15) is 11.3 Å². The molecule has 0 saturated carbocycles. The summed E-state index contributed by atoms with van der Waals surface area (Å²) >= 11 is 0. The van der Waals surface area contributed by atoms with Crippen molar-refractivity contribution < 1.29 is 9.15 Å². The molecule has 2 aromatic rings. The van der Waals surface area contributed by atoms with Crippen molar-refractivity contribution in [1.29, 1.82) is 0 Å². The summed E-state index contributed by atoms with van der Waals surface area (Å²) in [6, 6.07) is 5.64. The van der Waals surface area contributed by atoms with Crippen LogP contribution in [0.2, 0.25) is 0 Å². The Morgan fingerprint density at radius 2 is 2.00 bits per heavy atom. The molecule has 0 bridgehead atoms. The average molecular weight is 204 g/mol. The van der Waals surface area contributed by atoms with Crippen LogP contribution in [0.25, 0.3) is 11.0 Å². The van der Waals surface area contributed by atoms with Crippen molar-refractivity contribution in [1.82, 2.24) is 0 Å². The number of hydrogen-bond acceptors (Lipinski definition) is 3. The summed E-state index contributed by atoms with van der Waals surface area (Å²) in [5.41, 5.74) is 1.83. The molecule has 0 atom stereocenters. The number of aryl methyl sites for hydroxylation is 1. The Morgan fingerprint density at radius 3 is 2.67 bits per heavy atom. The molecule has 0 spiro atoms. The van der Waals surface area contributed by atoms with Gasteiger partial charge in [0.05, 0.1) is 18.1 Å². The zero-order valence-corrected chi connectivity index (χ0v) is 8.96. The van der Waals surface area contributed by atoms with Gasteiger partial charge in [0.15, 0.2) is 0 Å². The lowest BCUT2D eigenvalue weighted by atomic mass is 10.1. The quantitative estimate of drug-likeness (QED) is 0.669. The highest BCUT2D eigenvalue weighted by molar-refractivity contribution is 5.84. The third kappa shape index (κ3) is 1.50. The van der Waals surface area contributed by atoms with Gasteiger partial charge in [0.25, 0.3) is 0 Å². The van der Waals surface area contributed by atoms with Crippen LogP contribution in [0.1, 0.15) is 11.1 Å². The van der Waals surface area contributed by atoms with Gasteiger partial charge >= 0.3 is 5.63 Å². The van der Waals surface area contributed by atoms with Crippen molar-refractivity contribution >= 4 is 11.0 Å². The SMILES string of the molecule is COc1c(C)c(=O)oc2ccc(C)cc12. The van der Waals surface area contributed by atoms with Crippen molar-refractivity contribution in [3.8, 4) is 5.75 Å². The van der Waals surface area contributed by atoms with Crippen molar-refractivity contribution in [2.45, 2.75) is 13.8 Å². The number of benzene rings is 1. The van der Waals surface area contributed by atoms with Crippen molar-refractivity contribution in [2.24, 2.45) is 0 Å². The van der Waals surface area contributed by atoms with E-state index in [1.54, 1.807) is 20.1 Å². The van der Waals surface area contributed by atoms with E-state index in [9.17, 15) is 4.79 Å². The summed E-state index contributed by atoms with van der Waals surface area (Å²) in [4.78, 5) is 11.5. The first-order valence-corrected chi connectivity index (χ1v) is 4.71. The second-order valence-corrected chi connectivity index (χ2v) is 3.55. The molecule has 1 aromatic carbocycles. The monoisotopic (exact) mass is 204 g/mol. The van der Waals surface area contributed by atoms with E-state index in [2.05, 4.69) is 0 Å². The molecule has 0 amide bonds. The van der Waals surface area contributed by atoms with E-state index in [0.29, 0.717) is 16.9 Å². The fourth-order valence-electron chi connectivity index (χ4n) is 1.64. The van der Waals surface area contributed by atoms with Gasteiger partial charge < -0.3 is 9.15 Å². The molecule has 3 nitrogen and oxygen atoms in total. The first kappa shape index (κ1) is 9.77. The summed E-state index contributed by atoms with van der Waals surface area (Å²) < 4.78 is 10.4. The minimum Gasteiger partial charge on any atom is -0.495 e. The molecule has 0 aliphatic rings. The molecule has 0 radical (unpaired) electrons. The van der Waals surface area contributed by atoms with E-state index in [-0.39, 0.29) is 5.63 Å². The Bertz CT molecular complexity index is 567.